The Morgan fingerprint density at radius 3 is 2.74 bits per heavy atom. The first-order valence-corrected chi connectivity index (χ1v) is 8.38. The second-order valence-corrected chi connectivity index (χ2v) is 7.68. The molecule has 1 aliphatic heterocycles. The number of nitrogens with zero attached hydrogens (tertiary/aromatic N) is 1. The summed E-state index contributed by atoms with van der Waals surface area (Å²) in [6.45, 7) is 11.0. The molecule has 4 heteroatoms. The zero-order valence-corrected chi connectivity index (χ0v) is 14.9. The number of rotatable bonds is 3. The van der Waals surface area contributed by atoms with Crippen molar-refractivity contribution in [1.29, 1.82) is 0 Å². The van der Waals surface area contributed by atoms with Crippen LogP contribution in [0, 0.1) is 19.8 Å². The third-order valence-corrected chi connectivity index (χ3v) is 4.35. The van der Waals surface area contributed by atoms with Gasteiger partial charge in [-0.05, 0) is 58.6 Å². The molecule has 2 atom stereocenters. The Bertz CT molecular complexity index is 562. The predicted octanol–water partition coefficient (Wildman–Crippen LogP) is 3.46. The highest BCUT2D eigenvalue weighted by Gasteiger charge is 2.33. The van der Waals surface area contributed by atoms with Crippen molar-refractivity contribution in [3.05, 3.63) is 34.9 Å². The van der Waals surface area contributed by atoms with E-state index < -0.39 is 11.7 Å². The SMILES string of the molecule is Cc1ccc(C)c(CC(O)C2CCN(C(=O)OC(C)(C)C)C2)c1. The highest BCUT2D eigenvalue weighted by Crippen LogP contribution is 2.25. The molecule has 0 aromatic heterocycles. The summed E-state index contributed by atoms with van der Waals surface area (Å²) >= 11 is 0. The molecular formula is C19H29NO3. The lowest BCUT2D eigenvalue weighted by Gasteiger charge is -2.25. The predicted molar refractivity (Wildman–Crippen MR) is 91.5 cm³/mol. The van der Waals surface area contributed by atoms with Gasteiger partial charge in [0.1, 0.15) is 5.60 Å². The first kappa shape index (κ1) is 17.8. The van der Waals surface area contributed by atoms with Crippen molar-refractivity contribution in [2.45, 2.75) is 59.2 Å². The summed E-state index contributed by atoms with van der Waals surface area (Å²) in [4.78, 5) is 13.8. The van der Waals surface area contributed by atoms with Gasteiger partial charge in [-0.1, -0.05) is 23.8 Å². The smallest absolute Gasteiger partial charge is 0.410 e. The molecule has 0 aliphatic carbocycles. The van der Waals surface area contributed by atoms with Gasteiger partial charge in [0.05, 0.1) is 6.10 Å². The molecule has 0 bridgehead atoms. The molecule has 1 aromatic carbocycles. The maximum atomic E-state index is 12.1. The Morgan fingerprint density at radius 2 is 2.09 bits per heavy atom. The fraction of sp³-hybridized carbons (Fsp3) is 0.632. The maximum Gasteiger partial charge on any atom is 0.410 e. The van der Waals surface area contributed by atoms with Gasteiger partial charge < -0.3 is 14.7 Å². The number of aliphatic hydroxyl groups is 1. The summed E-state index contributed by atoms with van der Waals surface area (Å²) in [5, 5.41) is 10.6. The van der Waals surface area contributed by atoms with E-state index in [1.54, 1.807) is 4.90 Å². The van der Waals surface area contributed by atoms with Gasteiger partial charge in [0.25, 0.3) is 0 Å². The van der Waals surface area contributed by atoms with Crippen molar-refractivity contribution >= 4 is 6.09 Å². The van der Waals surface area contributed by atoms with Gasteiger partial charge in [0.15, 0.2) is 0 Å². The molecule has 2 unspecified atom stereocenters. The monoisotopic (exact) mass is 319 g/mol. The standard InChI is InChI=1S/C19H29NO3/c1-13-6-7-14(2)16(10-13)11-17(21)15-8-9-20(12-15)18(22)23-19(3,4)5/h6-7,10,15,17,21H,8-9,11-12H2,1-5H3. The molecule has 1 amide bonds. The van der Waals surface area contributed by atoms with Crippen LogP contribution < -0.4 is 0 Å². The second kappa shape index (κ2) is 6.91. The van der Waals surface area contributed by atoms with Crippen LogP contribution in [0.2, 0.25) is 0 Å². The average Bonchev–Trinajstić information content (AvgIpc) is 2.91. The number of hydrogen-bond donors (Lipinski definition) is 1. The third kappa shape index (κ3) is 4.96. The summed E-state index contributed by atoms with van der Waals surface area (Å²) in [5.41, 5.74) is 3.12. The van der Waals surface area contributed by atoms with Gasteiger partial charge in [-0.2, -0.15) is 0 Å². The molecule has 2 rings (SSSR count). The molecule has 1 heterocycles. The van der Waals surface area contributed by atoms with Crippen LogP contribution in [-0.2, 0) is 11.2 Å². The zero-order valence-electron chi connectivity index (χ0n) is 14.9. The lowest BCUT2D eigenvalue weighted by Crippen LogP contribution is -2.36. The normalized spacial score (nSPS) is 19.7. The van der Waals surface area contributed by atoms with Crippen molar-refractivity contribution in [1.82, 2.24) is 4.90 Å². The number of ether oxygens (including phenoxy) is 1. The van der Waals surface area contributed by atoms with Crippen LogP contribution >= 0.6 is 0 Å². The first-order valence-electron chi connectivity index (χ1n) is 8.38. The van der Waals surface area contributed by atoms with Crippen LogP contribution in [0.15, 0.2) is 18.2 Å². The summed E-state index contributed by atoms with van der Waals surface area (Å²) in [5.74, 6) is 0.113. The Labute approximate surface area is 139 Å². The van der Waals surface area contributed by atoms with Crippen LogP contribution in [0.3, 0.4) is 0 Å². The molecule has 1 aromatic rings. The number of carbonyl (C=O) groups excluding carboxylic acids is 1. The molecule has 128 valence electrons. The number of hydrogen-bond acceptors (Lipinski definition) is 3. The summed E-state index contributed by atoms with van der Waals surface area (Å²) in [7, 11) is 0. The number of benzene rings is 1. The minimum absolute atomic E-state index is 0.113. The fourth-order valence-electron chi connectivity index (χ4n) is 3.01. The van der Waals surface area contributed by atoms with Gasteiger partial charge in [-0.3, -0.25) is 0 Å². The Morgan fingerprint density at radius 1 is 1.39 bits per heavy atom. The Balaban J connectivity index is 1.93. The van der Waals surface area contributed by atoms with E-state index in [0.29, 0.717) is 19.5 Å². The van der Waals surface area contributed by atoms with Crippen molar-refractivity contribution in [2.24, 2.45) is 5.92 Å². The zero-order chi connectivity index (χ0) is 17.2. The number of likely N-dealkylation sites (tertiary alicyclic amines) is 1. The summed E-state index contributed by atoms with van der Waals surface area (Å²) in [6, 6.07) is 6.32. The van der Waals surface area contributed by atoms with Crippen molar-refractivity contribution in [2.75, 3.05) is 13.1 Å². The molecule has 1 saturated heterocycles. The lowest BCUT2D eigenvalue weighted by atomic mass is 9.92. The minimum atomic E-state index is -0.480. The number of aryl methyl sites for hydroxylation is 2. The second-order valence-electron chi connectivity index (χ2n) is 7.68. The van der Waals surface area contributed by atoms with Crippen molar-refractivity contribution < 1.29 is 14.6 Å². The van der Waals surface area contributed by atoms with Gasteiger partial charge in [-0.25, -0.2) is 4.79 Å². The fourth-order valence-corrected chi connectivity index (χ4v) is 3.01. The van der Waals surface area contributed by atoms with E-state index in [0.717, 1.165) is 6.42 Å². The molecule has 1 aliphatic rings. The first-order chi connectivity index (χ1) is 10.7. The maximum absolute atomic E-state index is 12.1. The van der Waals surface area contributed by atoms with Crippen LogP contribution in [0.5, 0.6) is 0 Å². The topological polar surface area (TPSA) is 49.8 Å². The van der Waals surface area contributed by atoms with Gasteiger partial charge in [-0.15, -0.1) is 0 Å². The summed E-state index contributed by atoms with van der Waals surface area (Å²) in [6.07, 6.45) is 0.757. The molecule has 4 nitrogen and oxygen atoms in total. The van der Waals surface area contributed by atoms with Gasteiger partial charge in [0, 0.05) is 19.0 Å². The highest BCUT2D eigenvalue weighted by atomic mass is 16.6. The van der Waals surface area contributed by atoms with Gasteiger partial charge in [0.2, 0.25) is 0 Å². The molecule has 0 spiro atoms. The Hall–Kier alpha value is -1.55. The Kier molecular flexibility index (Phi) is 5.35. The molecular weight excluding hydrogens is 290 g/mol. The van der Waals surface area contributed by atoms with Crippen LogP contribution in [0.25, 0.3) is 0 Å². The lowest BCUT2D eigenvalue weighted by molar-refractivity contribution is 0.0269. The third-order valence-electron chi connectivity index (χ3n) is 4.35. The van der Waals surface area contributed by atoms with E-state index in [9.17, 15) is 9.90 Å². The molecule has 0 saturated carbocycles. The van der Waals surface area contributed by atoms with Crippen LogP contribution in [0.1, 0.15) is 43.9 Å². The van der Waals surface area contributed by atoms with Crippen LogP contribution in [-0.4, -0.2) is 40.9 Å². The van der Waals surface area contributed by atoms with Crippen LogP contribution in [0.4, 0.5) is 4.79 Å². The number of amides is 1. The van der Waals surface area contributed by atoms with Crippen molar-refractivity contribution in [3.8, 4) is 0 Å². The van der Waals surface area contributed by atoms with Crippen molar-refractivity contribution in [3.63, 3.8) is 0 Å². The molecule has 1 N–H and O–H groups in total. The van der Waals surface area contributed by atoms with Gasteiger partial charge >= 0.3 is 6.09 Å². The van der Waals surface area contributed by atoms with E-state index in [-0.39, 0.29) is 12.0 Å². The number of aliphatic hydroxyl groups excluding tert-OH is 1. The van der Waals surface area contributed by atoms with E-state index in [1.165, 1.54) is 16.7 Å². The largest absolute Gasteiger partial charge is 0.444 e. The van der Waals surface area contributed by atoms with E-state index in [1.807, 2.05) is 20.8 Å². The summed E-state index contributed by atoms with van der Waals surface area (Å²) < 4.78 is 5.41. The van der Waals surface area contributed by atoms with E-state index in [4.69, 9.17) is 4.74 Å². The molecule has 23 heavy (non-hydrogen) atoms. The molecule has 1 fully saturated rings. The molecule has 0 radical (unpaired) electrons. The van der Waals surface area contributed by atoms with E-state index in [2.05, 4.69) is 32.0 Å². The minimum Gasteiger partial charge on any atom is -0.444 e. The average molecular weight is 319 g/mol. The van der Waals surface area contributed by atoms with E-state index >= 15 is 0 Å². The highest BCUT2D eigenvalue weighted by molar-refractivity contribution is 5.68. The quantitative estimate of drug-likeness (QED) is 0.928. The number of carbonyl (C=O) groups is 1.